The zero-order valence-corrected chi connectivity index (χ0v) is 9.78. The van der Waals surface area contributed by atoms with E-state index < -0.39 is 0 Å². The lowest BCUT2D eigenvalue weighted by Gasteiger charge is -2.28. The summed E-state index contributed by atoms with van der Waals surface area (Å²) in [6.07, 6.45) is 1.62. The highest BCUT2D eigenvalue weighted by atomic mass is 16.2. The van der Waals surface area contributed by atoms with E-state index in [-0.39, 0.29) is 5.91 Å². The highest BCUT2D eigenvalue weighted by molar-refractivity contribution is 5.98. The molecule has 0 aromatic heterocycles. The molecule has 1 saturated heterocycles. The van der Waals surface area contributed by atoms with Gasteiger partial charge in [0.25, 0.3) is 0 Å². The van der Waals surface area contributed by atoms with Gasteiger partial charge < -0.3 is 15.5 Å². The predicted molar refractivity (Wildman–Crippen MR) is 68.3 cm³/mol. The van der Waals surface area contributed by atoms with Crippen molar-refractivity contribution >= 4 is 17.3 Å². The molecule has 1 atom stereocenters. The molecule has 1 aromatic rings. The minimum Gasteiger partial charge on any atom is -0.383 e. The summed E-state index contributed by atoms with van der Waals surface area (Å²) in [4.78, 5) is 14.2. The minimum absolute atomic E-state index is 0.233. The molecule has 0 radical (unpaired) electrons. The Balaban J connectivity index is 2.00. The zero-order valence-electron chi connectivity index (χ0n) is 9.78. The summed E-state index contributed by atoms with van der Waals surface area (Å²) < 4.78 is 0. The Morgan fingerprint density at radius 1 is 1.24 bits per heavy atom. The summed E-state index contributed by atoms with van der Waals surface area (Å²) in [5.74, 6) is 0.233. The summed E-state index contributed by atoms with van der Waals surface area (Å²) in [5, 5.41) is 6.65. The molecule has 2 aliphatic heterocycles. The first kappa shape index (κ1) is 10.6. The van der Waals surface area contributed by atoms with Crippen LogP contribution in [-0.2, 0) is 4.79 Å². The molecule has 1 aromatic carbocycles. The molecule has 90 valence electrons. The Morgan fingerprint density at radius 2 is 2.12 bits per heavy atom. The second-order valence-electron chi connectivity index (χ2n) is 4.60. The van der Waals surface area contributed by atoms with E-state index in [2.05, 4.69) is 10.6 Å². The quantitative estimate of drug-likeness (QED) is 0.763. The van der Waals surface area contributed by atoms with Crippen molar-refractivity contribution in [3.8, 4) is 0 Å². The molecule has 2 N–H and O–H groups in total. The molecular weight excluding hydrogens is 214 g/mol. The number of hydrogen-bond acceptors (Lipinski definition) is 3. The van der Waals surface area contributed by atoms with E-state index in [1.54, 1.807) is 0 Å². The van der Waals surface area contributed by atoms with Gasteiger partial charge in [0.2, 0.25) is 5.91 Å². The molecule has 0 bridgehead atoms. The fraction of sp³-hybridized carbons (Fsp3) is 0.462. The van der Waals surface area contributed by atoms with E-state index in [9.17, 15) is 4.79 Å². The van der Waals surface area contributed by atoms with Gasteiger partial charge in [0, 0.05) is 19.5 Å². The van der Waals surface area contributed by atoms with E-state index in [1.807, 2.05) is 29.2 Å². The fourth-order valence-electron chi connectivity index (χ4n) is 2.65. The van der Waals surface area contributed by atoms with Crippen molar-refractivity contribution in [2.45, 2.75) is 18.9 Å². The van der Waals surface area contributed by atoms with E-state index in [4.69, 9.17) is 0 Å². The number of amides is 1. The minimum atomic E-state index is 0.233. The van der Waals surface area contributed by atoms with E-state index in [0.717, 1.165) is 37.4 Å². The standard InChI is InChI=1S/C13H17N3O/c17-13-6-8-15-11-3-1-2-4-12(11)16(13)10-5-7-14-9-10/h1-4,10,14-15H,5-9H2. The number of hydrogen-bond donors (Lipinski definition) is 2. The Bertz CT molecular complexity index is 426. The maximum Gasteiger partial charge on any atom is 0.229 e. The highest BCUT2D eigenvalue weighted by Crippen LogP contribution is 2.31. The number of carbonyl (C=O) groups excluding carboxylic acids is 1. The van der Waals surface area contributed by atoms with Gasteiger partial charge in [-0.05, 0) is 25.1 Å². The van der Waals surface area contributed by atoms with Gasteiger partial charge in [0.1, 0.15) is 0 Å². The molecule has 3 rings (SSSR count). The number of fused-ring (bicyclic) bond motifs is 1. The SMILES string of the molecule is O=C1CCNc2ccccc2N1C1CCNC1. The largest absolute Gasteiger partial charge is 0.383 e. The molecule has 4 nitrogen and oxygen atoms in total. The third kappa shape index (κ3) is 1.89. The van der Waals surface area contributed by atoms with Gasteiger partial charge in [-0.2, -0.15) is 0 Å². The molecule has 17 heavy (non-hydrogen) atoms. The summed E-state index contributed by atoms with van der Waals surface area (Å²) in [7, 11) is 0. The topological polar surface area (TPSA) is 44.4 Å². The van der Waals surface area contributed by atoms with E-state index >= 15 is 0 Å². The van der Waals surface area contributed by atoms with Crippen LogP contribution >= 0.6 is 0 Å². The third-order valence-corrected chi connectivity index (χ3v) is 3.49. The van der Waals surface area contributed by atoms with Crippen molar-refractivity contribution in [2.75, 3.05) is 29.9 Å². The lowest BCUT2D eigenvalue weighted by Crippen LogP contribution is -2.41. The normalized spacial score (nSPS) is 24.1. The number of benzene rings is 1. The molecular formula is C13H17N3O. The lowest BCUT2D eigenvalue weighted by atomic mass is 10.1. The summed E-state index contributed by atoms with van der Waals surface area (Å²) in [6.45, 7) is 2.64. The predicted octanol–water partition coefficient (Wildman–Crippen LogP) is 1.20. The number of nitrogens with zero attached hydrogens (tertiary/aromatic N) is 1. The molecule has 0 saturated carbocycles. The molecule has 1 amide bonds. The Kier molecular flexibility index (Phi) is 2.73. The molecule has 0 spiro atoms. The van der Waals surface area contributed by atoms with Crippen LogP contribution in [0, 0.1) is 0 Å². The van der Waals surface area contributed by atoms with Crippen LogP contribution in [0.1, 0.15) is 12.8 Å². The van der Waals surface area contributed by atoms with Crippen LogP contribution in [-0.4, -0.2) is 31.6 Å². The molecule has 2 aliphatic rings. The maximum absolute atomic E-state index is 12.2. The first-order valence-electron chi connectivity index (χ1n) is 6.22. The second kappa shape index (κ2) is 4.37. The van der Waals surface area contributed by atoms with Crippen LogP contribution in [0.15, 0.2) is 24.3 Å². The van der Waals surface area contributed by atoms with Crippen molar-refractivity contribution < 1.29 is 4.79 Å². The smallest absolute Gasteiger partial charge is 0.229 e. The summed E-state index contributed by atoms with van der Waals surface area (Å²) in [6, 6.07) is 8.39. The van der Waals surface area contributed by atoms with Gasteiger partial charge in [-0.1, -0.05) is 12.1 Å². The van der Waals surface area contributed by atoms with Gasteiger partial charge in [-0.25, -0.2) is 0 Å². The van der Waals surface area contributed by atoms with Gasteiger partial charge >= 0.3 is 0 Å². The number of rotatable bonds is 1. The van der Waals surface area contributed by atoms with Gasteiger partial charge in [0.15, 0.2) is 0 Å². The molecule has 1 unspecified atom stereocenters. The first-order valence-corrected chi connectivity index (χ1v) is 6.22. The van der Waals surface area contributed by atoms with Crippen LogP contribution in [0.3, 0.4) is 0 Å². The molecule has 2 heterocycles. The highest BCUT2D eigenvalue weighted by Gasteiger charge is 2.30. The van der Waals surface area contributed by atoms with Crippen molar-refractivity contribution in [2.24, 2.45) is 0 Å². The number of para-hydroxylation sites is 2. The lowest BCUT2D eigenvalue weighted by molar-refractivity contribution is -0.118. The van der Waals surface area contributed by atoms with Gasteiger partial charge in [0.05, 0.1) is 17.4 Å². The number of anilines is 2. The average molecular weight is 231 g/mol. The fourth-order valence-corrected chi connectivity index (χ4v) is 2.65. The second-order valence-corrected chi connectivity index (χ2v) is 4.60. The maximum atomic E-state index is 12.2. The molecule has 0 aliphatic carbocycles. The Hall–Kier alpha value is -1.55. The van der Waals surface area contributed by atoms with Crippen molar-refractivity contribution in [1.82, 2.24) is 5.32 Å². The van der Waals surface area contributed by atoms with Crippen LogP contribution in [0.5, 0.6) is 0 Å². The van der Waals surface area contributed by atoms with Crippen LogP contribution < -0.4 is 15.5 Å². The summed E-state index contributed by atoms with van der Waals surface area (Å²) in [5.41, 5.74) is 2.11. The van der Waals surface area contributed by atoms with Crippen molar-refractivity contribution in [3.05, 3.63) is 24.3 Å². The zero-order chi connectivity index (χ0) is 11.7. The van der Waals surface area contributed by atoms with Gasteiger partial charge in [-0.3, -0.25) is 4.79 Å². The first-order chi connectivity index (χ1) is 8.36. The van der Waals surface area contributed by atoms with E-state index in [0.29, 0.717) is 12.5 Å². The molecule has 4 heteroatoms. The third-order valence-electron chi connectivity index (χ3n) is 3.49. The van der Waals surface area contributed by atoms with Crippen LogP contribution in [0.25, 0.3) is 0 Å². The van der Waals surface area contributed by atoms with Crippen LogP contribution in [0.4, 0.5) is 11.4 Å². The van der Waals surface area contributed by atoms with Crippen molar-refractivity contribution in [1.29, 1.82) is 0 Å². The average Bonchev–Trinajstić information content (AvgIpc) is 2.80. The van der Waals surface area contributed by atoms with Gasteiger partial charge in [-0.15, -0.1) is 0 Å². The number of nitrogens with one attached hydrogen (secondary N) is 2. The monoisotopic (exact) mass is 231 g/mol. The summed E-state index contributed by atoms with van der Waals surface area (Å²) >= 11 is 0. The van der Waals surface area contributed by atoms with Crippen LogP contribution in [0.2, 0.25) is 0 Å². The Morgan fingerprint density at radius 3 is 2.94 bits per heavy atom. The van der Waals surface area contributed by atoms with Crippen molar-refractivity contribution in [3.63, 3.8) is 0 Å². The number of carbonyl (C=O) groups is 1. The Labute approximate surface area is 101 Å². The molecule has 1 fully saturated rings. The van der Waals surface area contributed by atoms with E-state index in [1.165, 1.54) is 0 Å².